The summed E-state index contributed by atoms with van der Waals surface area (Å²) in [6.45, 7) is 2.30. The molecule has 0 aliphatic carbocycles. The second-order valence-electron chi connectivity index (χ2n) is 4.38. The molecule has 0 saturated carbocycles. The van der Waals surface area contributed by atoms with E-state index in [1.54, 1.807) is 6.92 Å². The van der Waals surface area contributed by atoms with Gasteiger partial charge in [0.1, 0.15) is 6.61 Å². The van der Waals surface area contributed by atoms with Crippen LogP contribution >= 0.6 is 0 Å². The Hall–Kier alpha value is -2.34. The molecule has 0 aromatic heterocycles. The molecule has 0 radical (unpaired) electrons. The molecule has 1 aromatic carbocycles. The first kappa shape index (κ1) is 16.7. The zero-order valence-corrected chi connectivity index (χ0v) is 11.9. The summed E-state index contributed by atoms with van der Waals surface area (Å²) in [5, 5.41) is 14.0. The van der Waals surface area contributed by atoms with Crippen LogP contribution in [0.25, 0.3) is 0 Å². The maximum atomic E-state index is 11.4. The third kappa shape index (κ3) is 8.43. The van der Waals surface area contributed by atoms with Crippen LogP contribution in [-0.2, 0) is 16.1 Å². The molecule has 1 atom stereocenters. The van der Waals surface area contributed by atoms with Crippen molar-refractivity contribution in [2.24, 2.45) is 0 Å². The summed E-state index contributed by atoms with van der Waals surface area (Å²) in [7, 11) is 0. The van der Waals surface area contributed by atoms with Crippen molar-refractivity contribution in [3.63, 3.8) is 0 Å². The van der Waals surface area contributed by atoms with Crippen molar-refractivity contribution >= 4 is 12.0 Å². The Balaban J connectivity index is 2.10. The van der Waals surface area contributed by atoms with Crippen molar-refractivity contribution < 1.29 is 19.4 Å². The largest absolute Gasteiger partial charge is 0.445 e. The monoisotopic (exact) mass is 292 g/mol. The molecule has 0 aliphatic rings. The molecule has 0 unspecified atom stereocenters. The number of benzene rings is 1. The van der Waals surface area contributed by atoms with Gasteiger partial charge in [-0.05, 0) is 12.5 Å². The number of carbonyl (C=O) groups is 2. The smallest absolute Gasteiger partial charge is 0.407 e. The van der Waals surface area contributed by atoms with Gasteiger partial charge >= 0.3 is 6.09 Å². The second kappa shape index (κ2) is 9.55. The van der Waals surface area contributed by atoms with Gasteiger partial charge < -0.3 is 20.5 Å². The fourth-order valence-electron chi connectivity index (χ4n) is 1.41. The molecule has 1 aromatic rings. The van der Waals surface area contributed by atoms with E-state index in [2.05, 4.69) is 10.6 Å². The minimum absolute atomic E-state index is 0.205. The van der Waals surface area contributed by atoms with Crippen molar-refractivity contribution in [3.05, 3.63) is 48.0 Å². The van der Waals surface area contributed by atoms with E-state index in [4.69, 9.17) is 9.84 Å². The second-order valence-corrected chi connectivity index (χ2v) is 4.38. The molecule has 0 heterocycles. The summed E-state index contributed by atoms with van der Waals surface area (Å²) in [6, 6.07) is 9.35. The maximum Gasteiger partial charge on any atom is 0.407 e. The SMILES string of the molecule is C[C@@H](O)/C=C/C(=O)NCCNC(=O)OCc1ccccc1. The Labute approximate surface area is 123 Å². The molecule has 21 heavy (non-hydrogen) atoms. The minimum atomic E-state index is -0.665. The van der Waals surface area contributed by atoms with Crippen LogP contribution in [0.5, 0.6) is 0 Å². The molecule has 114 valence electrons. The van der Waals surface area contributed by atoms with E-state index in [0.29, 0.717) is 0 Å². The van der Waals surface area contributed by atoms with Crippen LogP contribution in [0.4, 0.5) is 4.79 Å². The van der Waals surface area contributed by atoms with E-state index in [-0.39, 0.29) is 25.6 Å². The Morgan fingerprint density at radius 3 is 2.57 bits per heavy atom. The summed E-state index contributed by atoms with van der Waals surface area (Å²) in [4.78, 5) is 22.6. The highest BCUT2D eigenvalue weighted by molar-refractivity contribution is 5.87. The van der Waals surface area contributed by atoms with Gasteiger partial charge in [0, 0.05) is 19.2 Å². The molecule has 2 amide bonds. The number of aliphatic hydroxyl groups excluding tert-OH is 1. The maximum absolute atomic E-state index is 11.4. The van der Waals surface area contributed by atoms with Gasteiger partial charge in [0.2, 0.25) is 5.91 Å². The minimum Gasteiger partial charge on any atom is -0.445 e. The van der Waals surface area contributed by atoms with E-state index in [1.165, 1.54) is 12.2 Å². The highest BCUT2D eigenvalue weighted by Gasteiger charge is 2.02. The van der Waals surface area contributed by atoms with Crippen LogP contribution in [0.2, 0.25) is 0 Å². The van der Waals surface area contributed by atoms with Gasteiger partial charge in [-0.3, -0.25) is 4.79 Å². The van der Waals surface area contributed by atoms with Crippen LogP contribution in [0.1, 0.15) is 12.5 Å². The third-order valence-electron chi connectivity index (χ3n) is 2.43. The van der Waals surface area contributed by atoms with Gasteiger partial charge in [-0.2, -0.15) is 0 Å². The standard InChI is InChI=1S/C15H20N2O4/c1-12(18)7-8-14(19)16-9-10-17-15(20)21-11-13-5-3-2-4-6-13/h2-8,12,18H,9-11H2,1H3,(H,16,19)(H,17,20)/b8-7+/t12-/m1/s1. The molecule has 6 nitrogen and oxygen atoms in total. The lowest BCUT2D eigenvalue weighted by Gasteiger charge is -2.07. The summed E-state index contributed by atoms with van der Waals surface area (Å²) < 4.78 is 5.00. The highest BCUT2D eigenvalue weighted by atomic mass is 16.5. The van der Waals surface area contributed by atoms with Crippen LogP contribution in [0.15, 0.2) is 42.5 Å². The van der Waals surface area contributed by atoms with Crippen LogP contribution in [0, 0.1) is 0 Å². The number of nitrogens with one attached hydrogen (secondary N) is 2. The molecule has 3 N–H and O–H groups in total. The van der Waals surface area contributed by atoms with Gasteiger partial charge in [0.05, 0.1) is 6.10 Å². The van der Waals surface area contributed by atoms with E-state index >= 15 is 0 Å². The Kier molecular flexibility index (Phi) is 7.60. The number of alkyl carbamates (subject to hydrolysis) is 1. The number of amides is 2. The molecular formula is C15H20N2O4. The van der Waals surface area contributed by atoms with Crippen LogP contribution in [-0.4, -0.2) is 36.3 Å². The normalized spacial score (nSPS) is 11.9. The number of rotatable bonds is 7. The molecule has 0 bridgehead atoms. The number of hydrogen-bond donors (Lipinski definition) is 3. The van der Waals surface area contributed by atoms with Crippen molar-refractivity contribution in [3.8, 4) is 0 Å². The topological polar surface area (TPSA) is 87.7 Å². The molecular weight excluding hydrogens is 272 g/mol. The van der Waals surface area contributed by atoms with Gasteiger partial charge in [-0.25, -0.2) is 4.79 Å². The number of aliphatic hydroxyl groups is 1. The van der Waals surface area contributed by atoms with Crippen molar-refractivity contribution in [2.75, 3.05) is 13.1 Å². The fourth-order valence-corrected chi connectivity index (χ4v) is 1.41. The molecule has 0 spiro atoms. The van der Waals surface area contributed by atoms with Gasteiger partial charge in [-0.1, -0.05) is 36.4 Å². The summed E-state index contributed by atoms with van der Waals surface area (Å²) in [5.41, 5.74) is 0.907. The zero-order chi connectivity index (χ0) is 15.5. The average molecular weight is 292 g/mol. The van der Waals surface area contributed by atoms with Gasteiger partial charge in [0.25, 0.3) is 0 Å². The first-order chi connectivity index (χ1) is 10.1. The zero-order valence-electron chi connectivity index (χ0n) is 11.9. The predicted octanol–water partition coefficient (Wildman–Crippen LogP) is 0.966. The highest BCUT2D eigenvalue weighted by Crippen LogP contribution is 2.00. The van der Waals surface area contributed by atoms with Crippen molar-refractivity contribution in [1.82, 2.24) is 10.6 Å². The predicted molar refractivity (Wildman–Crippen MR) is 78.5 cm³/mol. The Bertz CT molecular complexity index is 472. The van der Waals surface area contributed by atoms with E-state index in [0.717, 1.165) is 5.56 Å². The first-order valence-corrected chi connectivity index (χ1v) is 6.66. The van der Waals surface area contributed by atoms with E-state index in [9.17, 15) is 9.59 Å². The summed E-state index contributed by atoms with van der Waals surface area (Å²) in [5.74, 6) is -0.324. The van der Waals surface area contributed by atoms with E-state index < -0.39 is 12.2 Å². The van der Waals surface area contributed by atoms with Gasteiger partial charge in [-0.15, -0.1) is 0 Å². The van der Waals surface area contributed by atoms with Crippen molar-refractivity contribution in [1.29, 1.82) is 0 Å². The number of carbonyl (C=O) groups excluding carboxylic acids is 2. The summed E-state index contributed by atoms with van der Waals surface area (Å²) in [6.07, 6.45) is 1.42. The third-order valence-corrected chi connectivity index (χ3v) is 2.43. The molecule has 0 aliphatic heterocycles. The number of hydrogen-bond acceptors (Lipinski definition) is 4. The molecule has 1 rings (SSSR count). The number of ether oxygens (including phenoxy) is 1. The quantitative estimate of drug-likeness (QED) is 0.516. The van der Waals surface area contributed by atoms with Crippen LogP contribution in [0.3, 0.4) is 0 Å². The fraction of sp³-hybridized carbons (Fsp3) is 0.333. The lowest BCUT2D eigenvalue weighted by molar-refractivity contribution is -0.116. The molecule has 0 fully saturated rings. The van der Waals surface area contributed by atoms with Gasteiger partial charge in [0.15, 0.2) is 0 Å². The molecule has 0 saturated heterocycles. The Morgan fingerprint density at radius 1 is 1.24 bits per heavy atom. The lowest BCUT2D eigenvalue weighted by Crippen LogP contribution is -2.34. The average Bonchev–Trinajstić information content (AvgIpc) is 2.48. The summed E-state index contributed by atoms with van der Waals surface area (Å²) >= 11 is 0. The lowest BCUT2D eigenvalue weighted by atomic mass is 10.2. The Morgan fingerprint density at radius 2 is 1.90 bits per heavy atom. The molecule has 6 heteroatoms. The van der Waals surface area contributed by atoms with Crippen molar-refractivity contribution in [2.45, 2.75) is 19.6 Å². The first-order valence-electron chi connectivity index (χ1n) is 6.66. The van der Waals surface area contributed by atoms with E-state index in [1.807, 2.05) is 30.3 Å². The van der Waals surface area contributed by atoms with Crippen LogP contribution < -0.4 is 10.6 Å².